The number of amides is 1. The minimum Gasteiger partial charge on any atom is -0.353 e. The zero-order valence-corrected chi connectivity index (χ0v) is 19.6. The lowest BCUT2D eigenvalue weighted by Crippen LogP contribution is -2.49. The first kappa shape index (κ1) is 21.6. The Balaban J connectivity index is 1.50. The van der Waals surface area contributed by atoms with Crippen molar-refractivity contribution in [3.05, 3.63) is 77.0 Å². The lowest BCUT2D eigenvalue weighted by Gasteiger charge is -2.37. The third kappa shape index (κ3) is 4.77. The molecule has 170 valence electrons. The van der Waals surface area contributed by atoms with E-state index in [1.165, 1.54) is 16.7 Å². The van der Waals surface area contributed by atoms with Gasteiger partial charge in [0.25, 0.3) is 0 Å². The van der Waals surface area contributed by atoms with Crippen LogP contribution in [0.2, 0.25) is 0 Å². The molecular weight excluding hydrogens is 408 g/mol. The summed E-state index contributed by atoms with van der Waals surface area (Å²) in [6.07, 6.45) is 3.80. The second-order valence-corrected chi connectivity index (χ2v) is 9.27. The van der Waals surface area contributed by atoms with Gasteiger partial charge in [-0.05, 0) is 31.7 Å². The van der Waals surface area contributed by atoms with Crippen LogP contribution >= 0.6 is 0 Å². The van der Waals surface area contributed by atoms with Gasteiger partial charge in [0.1, 0.15) is 5.82 Å². The molecule has 0 spiro atoms. The largest absolute Gasteiger partial charge is 0.353 e. The van der Waals surface area contributed by atoms with Crippen molar-refractivity contribution >= 4 is 11.7 Å². The van der Waals surface area contributed by atoms with Gasteiger partial charge < -0.3 is 9.80 Å². The van der Waals surface area contributed by atoms with E-state index in [0.717, 1.165) is 74.8 Å². The van der Waals surface area contributed by atoms with E-state index in [9.17, 15) is 4.79 Å². The normalized spacial score (nSPS) is 16.2. The van der Waals surface area contributed by atoms with E-state index in [0.29, 0.717) is 5.91 Å². The highest BCUT2D eigenvalue weighted by molar-refractivity contribution is 5.81. The van der Waals surface area contributed by atoms with Crippen molar-refractivity contribution in [2.75, 3.05) is 31.1 Å². The number of hydrogen-bond acceptors (Lipinski definition) is 4. The molecule has 1 amide bonds. The number of nitrogens with zero attached hydrogens (tertiary/aromatic N) is 4. The van der Waals surface area contributed by atoms with Crippen molar-refractivity contribution in [2.24, 2.45) is 5.92 Å². The number of hydrogen-bond donors (Lipinski definition) is 0. The molecule has 0 bridgehead atoms. The summed E-state index contributed by atoms with van der Waals surface area (Å²) < 4.78 is 0. The highest BCUT2D eigenvalue weighted by Gasteiger charge is 2.35. The molecule has 0 unspecified atom stereocenters. The van der Waals surface area contributed by atoms with Crippen LogP contribution in [-0.2, 0) is 17.6 Å². The summed E-state index contributed by atoms with van der Waals surface area (Å²) in [5.41, 5.74) is 5.91. The minimum atomic E-state index is 0.281. The van der Waals surface area contributed by atoms with Gasteiger partial charge >= 0.3 is 0 Å². The van der Waals surface area contributed by atoms with Gasteiger partial charge in [0.2, 0.25) is 5.91 Å². The molecule has 1 saturated carbocycles. The summed E-state index contributed by atoms with van der Waals surface area (Å²) in [6, 6.07) is 18.9. The quantitative estimate of drug-likeness (QED) is 0.559. The van der Waals surface area contributed by atoms with E-state index in [-0.39, 0.29) is 5.92 Å². The molecule has 1 saturated heterocycles. The van der Waals surface area contributed by atoms with Crippen LogP contribution in [0, 0.1) is 12.8 Å². The number of carbonyl (C=O) groups is 1. The summed E-state index contributed by atoms with van der Waals surface area (Å²) in [4.78, 5) is 27.1. The number of aromatic nitrogens is 2. The maximum absolute atomic E-state index is 12.6. The van der Waals surface area contributed by atoms with E-state index in [2.05, 4.69) is 60.0 Å². The van der Waals surface area contributed by atoms with E-state index in [1.54, 1.807) is 0 Å². The number of carbonyl (C=O) groups excluding carboxylic acids is 1. The van der Waals surface area contributed by atoms with Crippen molar-refractivity contribution in [2.45, 2.75) is 39.5 Å². The lowest BCUT2D eigenvalue weighted by molar-refractivity contribution is -0.132. The predicted molar refractivity (Wildman–Crippen MR) is 132 cm³/mol. The highest BCUT2D eigenvalue weighted by Crippen LogP contribution is 2.33. The average molecular weight is 441 g/mol. The van der Waals surface area contributed by atoms with Crippen LogP contribution in [0.5, 0.6) is 0 Å². The minimum absolute atomic E-state index is 0.281. The second-order valence-electron chi connectivity index (χ2n) is 9.27. The van der Waals surface area contributed by atoms with Crippen LogP contribution in [0.25, 0.3) is 11.4 Å². The Bertz CT molecular complexity index is 1130. The number of benzene rings is 2. The van der Waals surface area contributed by atoms with Crippen LogP contribution in [0.1, 0.15) is 42.1 Å². The smallest absolute Gasteiger partial charge is 0.225 e. The van der Waals surface area contributed by atoms with Crippen LogP contribution < -0.4 is 4.90 Å². The van der Waals surface area contributed by atoms with Gasteiger partial charge in [0, 0.05) is 55.3 Å². The molecular formula is C28H32N4O. The van der Waals surface area contributed by atoms with Crippen molar-refractivity contribution in [3.8, 4) is 11.4 Å². The van der Waals surface area contributed by atoms with Crippen LogP contribution in [0.4, 0.5) is 5.82 Å². The summed E-state index contributed by atoms with van der Waals surface area (Å²) in [7, 11) is 0. The van der Waals surface area contributed by atoms with E-state index >= 15 is 0 Å². The zero-order chi connectivity index (χ0) is 22.8. The van der Waals surface area contributed by atoms with E-state index in [4.69, 9.17) is 9.97 Å². The Morgan fingerprint density at radius 1 is 0.970 bits per heavy atom. The zero-order valence-electron chi connectivity index (χ0n) is 19.6. The molecule has 0 radical (unpaired) electrons. The Kier molecular flexibility index (Phi) is 6.12. The predicted octanol–water partition coefficient (Wildman–Crippen LogP) is 4.66. The number of aryl methyl sites for hydroxylation is 2. The molecule has 1 aliphatic heterocycles. The van der Waals surface area contributed by atoms with E-state index < -0.39 is 0 Å². The first-order valence-corrected chi connectivity index (χ1v) is 12.2. The average Bonchev–Trinajstić information content (AvgIpc) is 3.70. The Morgan fingerprint density at radius 2 is 1.73 bits per heavy atom. The van der Waals surface area contributed by atoms with Gasteiger partial charge in [0.05, 0.1) is 0 Å². The number of piperazine rings is 1. The molecule has 2 heterocycles. The summed E-state index contributed by atoms with van der Waals surface area (Å²) in [5, 5.41) is 0. The number of anilines is 1. The molecule has 5 nitrogen and oxygen atoms in total. The van der Waals surface area contributed by atoms with Crippen LogP contribution in [0.15, 0.2) is 54.6 Å². The van der Waals surface area contributed by atoms with Crippen molar-refractivity contribution in [1.29, 1.82) is 0 Å². The molecule has 0 atom stereocenters. The standard InChI is InChI=1S/C28H32N4O/c1-3-25-24(19-21-9-7-8-20(2)18-21)27(30-26(29-25)22-10-5-4-6-11-22)31-14-16-32(17-15-31)28(33)23-12-13-23/h4-11,18,23H,3,12-17,19H2,1-2H3. The lowest BCUT2D eigenvalue weighted by atomic mass is 10.00. The summed E-state index contributed by atoms with van der Waals surface area (Å²) in [5.74, 6) is 2.44. The fraction of sp³-hybridized carbons (Fsp3) is 0.393. The van der Waals surface area contributed by atoms with Gasteiger partial charge in [-0.25, -0.2) is 9.97 Å². The van der Waals surface area contributed by atoms with Crippen molar-refractivity contribution < 1.29 is 4.79 Å². The third-order valence-electron chi connectivity index (χ3n) is 6.72. The molecule has 5 heteroatoms. The Hall–Kier alpha value is -3.21. The Morgan fingerprint density at radius 3 is 2.39 bits per heavy atom. The Labute approximate surface area is 196 Å². The SMILES string of the molecule is CCc1nc(-c2ccccc2)nc(N2CCN(C(=O)C3CC3)CC2)c1Cc1cccc(C)c1. The topological polar surface area (TPSA) is 49.3 Å². The molecule has 5 rings (SSSR count). The number of rotatable bonds is 6. The molecule has 33 heavy (non-hydrogen) atoms. The molecule has 2 fully saturated rings. The fourth-order valence-electron chi connectivity index (χ4n) is 4.72. The highest BCUT2D eigenvalue weighted by atomic mass is 16.2. The maximum atomic E-state index is 12.6. The summed E-state index contributed by atoms with van der Waals surface area (Å²) in [6.45, 7) is 7.47. The maximum Gasteiger partial charge on any atom is 0.225 e. The second kappa shape index (κ2) is 9.34. The van der Waals surface area contributed by atoms with Gasteiger partial charge in [-0.15, -0.1) is 0 Å². The van der Waals surface area contributed by atoms with E-state index in [1.807, 2.05) is 18.2 Å². The molecule has 3 aromatic rings. The first-order chi connectivity index (χ1) is 16.1. The van der Waals surface area contributed by atoms with Crippen molar-refractivity contribution in [1.82, 2.24) is 14.9 Å². The van der Waals surface area contributed by atoms with Crippen LogP contribution in [0.3, 0.4) is 0 Å². The van der Waals surface area contributed by atoms with Gasteiger partial charge in [-0.1, -0.05) is 67.1 Å². The summed E-state index contributed by atoms with van der Waals surface area (Å²) >= 11 is 0. The van der Waals surface area contributed by atoms with Gasteiger partial charge in [-0.3, -0.25) is 4.79 Å². The monoisotopic (exact) mass is 440 g/mol. The van der Waals surface area contributed by atoms with Gasteiger partial charge in [0.15, 0.2) is 5.82 Å². The van der Waals surface area contributed by atoms with Gasteiger partial charge in [-0.2, -0.15) is 0 Å². The molecule has 0 N–H and O–H groups in total. The fourth-order valence-corrected chi connectivity index (χ4v) is 4.72. The molecule has 2 aliphatic rings. The van der Waals surface area contributed by atoms with Crippen molar-refractivity contribution in [3.63, 3.8) is 0 Å². The third-order valence-corrected chi connectivity index (χ3v) is 6.72. The molecule has 1 aromatic heterocycles. The van der Waals surface area contributed by atoms with Crippen LogP contribution in [-0.4, -0.2) is 47.0 Å². The molecule has 2 aromatic carbocycles. The molecule has 1 aliphatic carbocycles. The first-order valence-electron chi connectivity index (χ1n) is 12.2.